The molecule has 2 aromatic carbocycles. The second-order valence-electron chi connectivity index (χ2n) is 4.47. The molecule has 0 saturated heterocycles. The van der Waals surface area contributed by atoms with Crippen LogP contribution in [0.1, 0.15) is 24.8 Å². The molecule has 0 unspecified atom stereocenters. The first-order valence-corrected chi connectivity index (χ1v) is 6.84. The highest BCUT2D eigenvalue weighted by Gasteiger charge is 1.91. The van der Waals surface area contributed by atoms with Crippen molar-refractivity contribution in [2.24, 2.45) is 0 Å². The van der Waals surface area contributed by atoms with Crippen molar-refractivity contribution >= 4 is 6.08 Å². The lowest BCUT2D eigenvalue weighted by Crippen LogP contribution is -1.96. The number of unbranched alkanes of at least 4 members (excludes halogenated alkanes) is 2. The third-order valence-electron chi connectivity index (χ3n) is 2.89. The van der Waals surface area contributed by atoms with Gasteiger partial charge in [0.25, 0.3) is 0 Å². The largest absolute Gasteiger partial charge is 0.494 e. The Balaban J connectivity index is 1.56. The van der Waals surface area contributed by atoms with Crippen LogP contribution in [0.4, 0.5) is 0 Å². The average Bonchev–Trinajstić information content (AvgIpc) is 2.48. The molecule has 0 atom stereocenters. The lowest BCUT2D eigenvalue weighted by atomic mass is 10.2. The summed E-state index contributed by atoms with van der Waals surface area (Å²) in [5.74, 6) is 0.960. The fourth-order valence-corrected chi connectivity index (χ4v) is 1.85. The van der Waals surface area contributed by atoms with Crippen molar-refractivity contribution in [1.82, 2.24) is 0 Å². The van der Waals surface area contributed by atoms with Crippen molar-refractivity contribution in [1.29, 1.82) is 0 Å². The molecule has 1 nitrogen and oxygen atoms in total. The topological polar surface area (TPSA) is 9.23 Å². The number of hydrogen-bond donors (Lipinski definition) is 0. The van der Waals surface area contributed by atoms with Gasteiger partial charge < -0.3 is 4.74 Å². The molecule has 2 aromatic rings. The minimum Gasteiger partial charge on any atom is -0.494 e. The summed E-state index contributed by atoms with van der Waals surface area (Å²) < 4.78 is 5.65. The number of para-hydroxylation sites is 1. The monoisotopic (exact) mass is 252 g/mol. The van der Waals surface area contributed by atoms with Gasteiger partial charge in [-0.1, -0.05) is 60.7 Å². The highest BCUT2D eigenvalue weighted by molar-refractivity contribution is 5.48. The molecule has 0 amide bonds. The summed E-state index contributed by atoms with van der Waals surface area (Å²) in [4.78, 5) is 0. The summed E-state index contributed by atoms with van der Waals surface area (Å²) in [5.41, 5.74) is 1.27. The Hall–Kier alpha value is -2.02. The summed E-state index contributed by atoms with van der Waals surface area (Å²) >= 11 is 0. The molecule has 0 bridgehead atoms. The molecule has 0 radical (unpaired) electrons. The Bertz CT molecular complexity index is 474. The van der Waals surface area contributed by atoms with E-state index in [-0.39, 0.29) is 0 Å². The van der Waals surface area contributed by atoms with Gasteiger partial charge in [-0.25, -0.2) is 0 Å². The fraction of sp³-hybridized carbons (Fsp3) is 0.222. The van der Waals surface area contributed by atoms with E-state index in [2.05, 4.69) is 36.4 Å². The summed E-state index contributed by atoms with van der Waals surface area (Å²) in [6.07, 6.45) is 7.77. The van der Waals surface area contributed by atoms with Crippen LogP contribution >= 0.6 is 0 Å². The van der Waals surface area contributed by atoms with E-state index >= 15 is 0 Å². The van der Waals surface area contributed by atoms with E-state index in [0.29, 0.717) is 0 Å². The van der Waals surface area contributed by atoms with Gasteiger partial charge in [-0.05, 0) is 37.0 Å². The summed E-state index contributed by atoms with van der Waals surface area (Å²) in [7, 11) is 0. The molecule has 0 aliphatic carbocycles. The zero-order valence-electron chi connectivity index (χ0n) is 11.2. The first-order valence-electron chi connectivity index (χ1n) is 6.84. The molecule has 1 heteroatoms. The third kappa shape index (κ3) is 5.43. The van der Waals surface area contributed by atoms with E-state index in [1.807, 2.05) is 36.4 Å². The second kappa shape index (κ2) is 8.15. The van der Waals surface area contributed by atoms with Crippen molar-refractivity contribution < 1.29 is 4.74 Å². The molecule has 2 rings (SSSR count). The van der Waals surface area contributed by atoms with Gasteiger partial charge in [-0.3, -0.25) is 0 Å². The molecule has 0 saturated carbocycles. The van der Waals surface area contributed by atoms with E-state index < -0.39 is 0 Å². The molecule has 98 valence electrons. The Morgan fingerprint density at radius 2 is 1.47 bits per heavy atom. The summed E-state index contributed by atoms with van der Waals surface area (Å²) in [6.45, 7) is 0.795. The molecular weight excluding hydrogens is 232 g/mol. The van der Waals surface area contributed by atoms with E-state index in [9.17, 15) is 0 Å². The molecule has 0 aliphatic rings. The van der Waals surface area contributed by atoms with Crippen LogP contribution in [0.3, 0.4) is 0 Å². The number of benzene rings is 2. The zero-order valence-corrected chi connectivity index (χ0v) is 11.2. The van der Waals surface area contributed by atoms with Crippen molar-refractivity contribution in [3.8, 4) is 5.75 Å². The number of hydrogen-bond acceptors (Lipinski definition) is 1. The van der Waals surface area contributed by atoms with Crippen LogP contribution in [-0.2, 0) is 0 Å². The number of rotatable bonds is 7. The first-order chi connectivity index (χ1) is 9.45. The minimum atomic E-state index is 0.795. The van der Waals surface area contributed by atoms with Gasteiger partial charge in [-0.15, -0.1) is 0 Å². The minimum absolute atomic E-state index is 0.795. The molecule has 19 heavy (non-hydrogen) atoms. The van der Waals surface area contributed by atoms with Gasteiger partial charge in [-0.2, -0.15) is 0 Å². The Morgan fingerprint density at radius 1 is 0.789 bits per heavy atom. The molecule has 0 heterocycles. The van der Waals surface area contributed by atoms with Crippen molar-refractivity contribution in [3.63, 3.8) is 0 Å². The highest BCUT2D eigenvalue weighted by atomic mass is 16.5. The van der Waals surface area contributed by atoms with Crippen molar-refractivity contribution in [2.75, 3.05) is 6.61 Å². The smallest absolute Gasteiger partial charge is 0.119 e. The maximum atomic E-state index is 5.65. The van der Waals surface area contributed by atoms with Crippen molar-refractivity contribution in [2.45, 2.75) is 19.3 Å². The van der Waals surface area contributed by atoms with Gasteiger partial charge in [0.1, 0.15) is 5.75 Å². The van der Waals surface area contributed by atoms with Crippen LogP contribution in [0.5, 0.6) is 5.75 Å². The Kier molecular flexibility index (Phi) is 5.75. The first kappa shape index (κ1) is 13.4. The van der Waals surface area contributed by atoms with Gasteiger partial charge in [0.05, 0.1) is 6.61 Å². The third-order valence-corrected chi connectivity index (χ3v) is 2.89. The van der Waals surface area contributed by atoms with Gasteiger partial charge >= 0.3 is 0 Å². The number of allylic oxidation sites excluding steroid dienone is 1. The van der Waals surface area contributed by atoms with E-state index in [1.165, 1.54) is 5.56 Å². The lowest BCUT2D eigenvalue weighted by Gasteiger charge is -2.04. The lowest BCUT2D eigenvalue weighted by molar-refractivity contribution is 0.307. The Morgan fingerprint density at radius 3 is 2.21 bits per heavy atom. The van der Waals surface area contributed by atoms with Crippen LogP contribution in [0, 0.1) is 0 Å². The second-order valence-corrected chi connectivity index (χ2v) is 4.47. The molecule has 0 spiro atoms. The van der Waals surface area contributed by atoms with Gasteiger partial charge in [0.2, 0.25) is 0 Å². The van der Waals surface area contributed by atoms with E-state index in [4.69, 9.17) is 4.74 Å². The summed E-state index contributed by atoms with van der Waals surface area (Å²) in [5, 5.41) is 0. The van der Waals surface area contributed by atoms with Crippen LogP contribution in [0.2, 0.25) is 0 Å². The van der Waals surface area contributed by atoms with E-state index in [1.54, 1.807) is 0 Å². The van der Waals surface area contributed by atoms with Gasteiger partial charge in [0.15, 0.2) is 0 Å². The average molecular weight is 252 g/mol. The molecule has 0 aliphatic heterocycles. The number of ether oxygens (including phenoxy) is 1. The van der Waals surface area contributed by atoms with Crippen LogP contribution < -0.4 is 4.74 Å². The molecular formula is C18H20O. The fourth-order valence-electron chi connectivity index (χ4n) is 1.85. The molecule has 0 N–H and O–H groups in total. The SMILES string of the molecule is C(=Cc1ccccc1)CCCCOc1ccccc1. The maximum absolute atomic E-state index is 5.65. The predicted octanol–water partition coefficient (Wildman–Crippen LogP) is 4.95. The van der Waals surface area contributed by atoms with Crippen molar-refractivity contribution in [3.05, 3.63) is 72.3 Å². The van der Waals surface area contributed by atoms with Crippen LogP contribution in [-0.4, -0.2) is 6.61 Å². The quantitative estimate of drug-likeness (QED) is 0.633. The molecule has 0 aromatic heterocycles. The van der Waals surface area contributed by atoms with E-state index in [0.717, 1.165) is 31.6 Å². The highest BCUT2D eigenvalue weighted by Crippen LogP contribution is 2.09. The normalized spacial score (nSPS) is 10.7. The predicted molar refractivity (Wildman–Crippen MR) is 81.3 cm³/mol. The summed E-state index contributed by atoms with van der Waals surface area (Å²) in [6, 6.07) is 20.4. The zero-order chi connectivity index (χ0) is 13.2. The van der Waals surface area contributed by atoms with Crippen LogP contribution in [0.15, 0.2) is 66.7 Å². The standard InChI is InChI=1S/C18H20O/c1(5-11-17-12-6-3-7-13-17)2-10-16-19-18-14-8-4-9-15-18/h3-9,11-15H,1-2,10,16H2. The van der Waals surface area contributed by atoms with Crippen LogP contribution in [0.25, 0.3) is 6.08 Å². The maximum Gasteiger partial charge on any atom is 0.119 e. The Labute approximate surface area is 115 Å². The molecule has 0 fully saturated rings. The van der Waals surface area contributed by atoms with Gasteiger partial charge in [0, 0.05) is 0 Å².